The first-order chi connectivity index (χ1) is 12.1. The SMILES string of the molecule is Cc1cccc2cc(C(=O)N[C@@H](c3ccccn3)C3CC(O)C3)oc12. The summed E-state index contributed by atoms with van der Waals surface area (Å²) in [7, 11) is 0. The van der Waals surface area contributed by atoms with E-state index < -0.39 is 0 Å². The summed E-state index contributed by atoms with van der Waals surface area (Å²) in [6.07, 6.45) is 2.76. The molecule has 0 saturated heterocycles. The fourth-order valence-corrected chi connectivity index (χ4v) is 3.43. The number of carbonyl (C=O) groups excluding carboxylic acids is 1. The number of hydrogen-bond acceptors (Lipinski definition) is 4. The van der Waals surface area contributed by atoms with Crippen LogP contribution in [-0.2, 0) is 0 Å². The second-order valence-electron chi connectivity index (χ2n) is 6.69. The van der Waals surface area contributed by atoms with E-state index in [4.69, 9.17) is 4.42 Å². The number of aliphatic hydroxyl groups excluding tert-OH is 1. The van der Waals surface area contributed by atoms with Gasteiger partial charge in [0.05, 0.1) is 17.8 Å². The number of pyridine rings is 1. The number of aliphatic hydroxyl groups is 1. The first kappa shape index (κ1) is 15.8. The lowest BCUT2D eigenvalue weighted by Gasteiger charge is -2.37. The van der Waals surface area contributed by atoms with Crippen molar-refractivity contribution in [1.29, 1.82) is 0 Å². The van der Waals surface area contributed by atoms with Gasteiger partial charge in [-0.25, -0.2) is 0 Å². The van der Waals surface area contributed by atoms with Crippen molar-refractivity contribution >= 4 is 16.9 Å². The third-order valence-electron chi connectivity index (χ3n) is 4.88. The van der Waals surface area contributed by atoms with Gasteiger partial charge in [-0.2, -0.15) is 0 Å². The van der Waals surface area contributed by atoms with E-state index in [0.717, 1.165) is 22.2 Å². The molecule has 0 aliphatic heterocycles. The van der Waals surface area contributed by atoms with Crippen molar-refractivity contribution in [1.82, 2.24) is 10.3 Å². The number of nitrogens with one attached hydrogen (secondary N) is 1. The third kappa shape index (κ3) is 3.03. The van der Waals surface area contributed by atoms with Crippen LogP contribution < -0.4 is 5.32 Å². The quantitative estimate of drug-likeness (QED) is 0.766. The zero-order valence-corrected chi connectivity index (χ0v) is 14.0. The molecule has 3 aromatic rings. The summed E-state index contributed by atoms with van der Waals surface area (Å²) in [5.74, 6) is 0.220. The van der Waals surface area contributed by atoms with Crippen LogP contribution >= 0.6 is 0 Å². The summed E-state index contributed by atoms with van der Waals surface area (Å²) in [5.41, 5.74) is 2.54. The van der Waals surface area contributed by atoms with Gasteiger partial charge in [-0.3, -0.25) is 9.78 Å². The zero-order valence-electron chi connectivity index (χ0n) is 14.0. The van der Waals surface area contributed by atoms with E-state index in [1.165, 1.54) is 0 Å². The van der Waals surface area contributed by atoms with Crippen LogP contribution in [0.5, 0.6) is 0 Å². The molecule has 2 aromatic heterocycles. The van der Waals surface area contributed by atoms with Crippen molar-refractivity contribution in [2.24, 2.45) is 5.92 Å². The number of fused-ring (bicyclic) bond motifs is 1. The number of para-hydroxylation sites is 1. The van der Waals surface area contributed by atoms with Crippen molar-refractivity contribution in [3.8, 4) is 0 Å². The molecule has 0 spiro atoms. The minimum Gasteiger partial charge on any atom is -0.451 e. The molecule has 0 unspecified atom stereocenters. The van der Waals surface area contributed by atoms with Gasteiger partial charge in [-0.05, 0) is 49.4 Å². The fourth-order valence-electron chi connectivity index (χ4n) is 3.43. The van der Waals surface area contributed by atoms with Crippen LogP contribution in [0.15, 0.2) is 53.1 Å². The van der Waals surface area contributed by atoms with Gasteiger partial charge >= 0.3 is 0 Å². The van der Waals surface area contributed by atoms with Gasteiger partial charge in [0.15, 0.2) is 5.76 Å². The molecule has 2 N–H and O–H groups in total. The van der Waals surface area contributed by atoms with E-state index in [1.807, 2.05) is 43.3 Å². The van der Waals surface area contributed by atoms with Crippen molar-refractivity contribution in [2.75, 3.05) is 0 Å². The number of furan rings is 1. The average molecular weight is 336 g/mol. The van der Waals surface area contributed by atoms with Gasteiger partial charge in [-0.15, -0.1) is 0 Å². The molecule has 25 heavy (non-hydrogen) atoms. The van der Waals surface area contributed by atoms with E-state index in [9.17, 15) is 9.90 Å². The van der Waals surface area contributed by atoms with E-state index in [2.05, 4.69) is 10.3 Å². The molecular weight excluding hydrogens is 316 g/mol. The second kappa shape index (κ2) is 6.33. The maximum atomic E-state index is 12.7. The summed E-state index contributed by atoms with van der Waals surface area (Å²) in [5, 5.41) is 13.6. The van der Waals surface area contributed by atoms with Gasteiger partial charge < -0.3 is 14.8 Å². The van der Waals surface area contributed by atoms with Crippen LogP contribution in [0.3, 0.4) is 0 Å². The number of aryl methyl sites for hydroxylation is 1. The third-order valence-corrected chi connectivity index (χ3v) is 4.88. The Morgan fingerprint density at radius 3 is 2.80 bits per heavy atom. The highest BCUT2D eigenvalue weighted by molar-refractivity contribution is 5.96. The molecule has 1 saturated carbocycles. The van der Waals surface area contributed by atoms with Gasteiger partial charge in [0.2, 0.25) is 0 Å². The number of rotatable bonds is 4. The summed E-state index contributed by atoms with van der Waals surface area (Å²) in [6, 6.07) is 13.0. The molecule has 4 rings (SSSR count). The van der Waals surface area contributed by atoms with Crippen LogP contribution in [0.1, 0.15) is 40.7 Å². The smallest absolute Gasteiger partial charge is 0.287 e. The van der Waals surface area contributed by atoms with E-state index in [-0.39, 0.29) is 24.0 Å². The second-order valence-corrected chi connectivity index (χ2v) is 6.69. The number of amides is 1. The Bertz CT molecular complexity index is 898. The molecule has 5 heteroatoms. The molecule has 1 aliphatic carbocycles. The zero-order chi connectivity index (χ0) is 17.4. The summed E-state index contributed by atoms with van der Waals surface area (Å²) in [4.78, 5) is 17.1. The lowest BCUT2D eigenvalue weighted by Crippen LogP contribution is -2.41. The molecule has 2 heterocycles. The van der Waals surface area contributed by atoms with E-state index >= 15 is 0 Å². The molecule has 5 nitrogen and oxygen atoms in total. The van der Waals surface area contributed by atoms with Crippen LogP contribution in [0.4, 0.5) is 0 Å². The highest BCUT2D eigenvalue weighted by atomic mass is 16.3. The van der Waals surface area contributed by atoms with Crippen LogP contribution in [0, 0.1) is 12.8 Å². The van der Waals surface area contributed by atoms with E-state index in [1.54, 1.807) is 12.3 Å². The summed E-state index contributed by atoms with van der Waals surface area (Å²) < 4.78 is 5.77. The molecule has 128 valence electrons. The average Bonchev–Trinajstić information content (AvgIpc) is 3.04. The number of nitrogens with zero attached hydrogens (tertiary/aromatic N) is 1. The Hall–Kier alpha value is -2.66. The van der Waals surface area contributed by atoms with Crippen LogP contribution in [0.2, 0.25) is 0 Å². The Kier molecular flexibility index (Phi) is 4.01. The first-order valence-electron chi connectivity index (χ1n) is 8.51. The Morgan fingerprint density at radius 1 is 1.28 bits per heavy atom. The van der Waals surface area contributed by atoms with Crippen molar-refractivity contribution in [3.05, 3.63) is 65.7 Å². The van der Waals surface area contributed by atoms with Gasteiger partial charge in [0.1, 0.15) is 5.58 Å². The molecule has 0 radical (unpaired) electrons. The minimum absolute atomic E-state index is 0.181. The molecule has 0 bridgehead atoms. The molecule has 1 atom stereocenters. The molecule has 1 aliphatic rings. The monoisotopic (exact) mass is 336 g/mol. The molecule has 1 aromatic carbocycles. The maximum Gasteiger partial charge on any atom is 0.287 e. The molecular formula is C20H20N2O3. The normalized spacial score (nSPS) is 20.9. The van der Waals surface area contributed by atoms with Gasteiger partial charge in [0, 0.05) is 11.6 Å². The Labute approximate surface area is 145 Å². The molecule has 1 amide bonds. The van der Waals surface area contributed by atoms with Crippen LogP contribution in [-0.4, -0.2) is 22.1 Å². The van der Waals surface area contributed by atoms with E-state index in [0.29, 0.717) is 18.6 Å². The van der Waals surface area contributed by atoms with Gasteiger partial charge in [-0.1, -0.05) is 24.3 Å². The predicted molar refractivity (Wildman–Crippen MR) is 94.1 cm³/mol. The first-order valence-corrected chi connectivity index (χ1v) is 8.51. The lowest BCUT2D eigenvalue weighted by atomic mass is 9.76. The lowest BCUT2D eigenvalue weighted by molar-refractivity contribution is 0.0225. The number of carbonyl (C=O) groups is 1. The Morgan fingerprint density at radius 2 is 2.12 bits per heavy atom. The van der Waals surface area contributed by atoms with Crippen LogP contribution in [0.25, 0.3) is 11.0 Å². The minimum atomic E-state index is -0.290. The number of aromatic nitrogens is 1. The topological polar surface area (TPSA) is 75.4 Å². The fraction of sp³-hybridized carbons (Fsp3) is 0.300. The summed E-state index contributed by atoms with van der Waals surface area (Å²) >= 11 is 0. The highest BCUT2D eigenvalue weighted by Gasteiger charge is 2.36. The maximum absolute atomic E-state index is 12.7. The number of benzene rings is 1. The Balaban J connectivity index is 1.60. The largest absolute Gasteiger partial charge is 0.451 e. The predicted octanol–water partition coefficient (Wildman–Crippen LogP) is 3.38. The number of hydrogen-bond donors (Lipinski definition) is 2. The van der Waals surface area contributed by atoms with Crippen molar-refractivity contribution in [2.45, 2.75) is 31.9 Å². The van der Waals surface area contributed by atoms with Gasteiger partial charge in [0.25, 0.3) is 5.91 Å². The summed E-state index contributed by atoms with van der Waals surface area (Å²) in [6.45, 7) is 1.96. The molecule has 1 fully saturated rings. The standard InChI is InChI=1S/C20H20N2O3/c1-12-5-4-6-13-11-17(25-19(12)13)20(24)22-18(14-9-15(23)10-14)16-7-2-3-8-21-16/h2-8,11,14-15,18,23H,9-10H2,1H3,(H,22,24)/t14?,15?,18-/m1/s1. The van der Waals surface area contributed by atoms with Crippen molar-refractivity contribution < 1.29 is 14.3 Å². The van der Waals surface area contributed by atoms with Crippen molar-refractivity contribution in [3.63, 3.8) is 0 Å². The highest BCUT2D eigenvalue weighted by Crippen LogP contribution is 2.37.